The summed E-state index contributed by atoms with van der Waals surface area (Å²) >= 11 is 0. The number of carbonyl (C=O) groups is 1. The summed E-state index contributed by atoms with van der Waals surface area (Å²) < 4.78 is 37.5. The number of ether oxygens (including phenoxy) is 1. The smallest absolute Gasteiger partial charge is 0.258 e. The molecule has 0 atom stereocenters. The highest BCUT2D eigenvalue weighted by molar-refractivity contribution is 7.89. The predicted octanol–water partition coefficient (Wildman–Crippen LogP) is 3.94. The van der Waals surface area contributed by atoms with Gasteiger partial charge < -0.3 is 14.6 Å². The van der Waals surface area contributed by atoms with Crippen LogP contribution in [0.5, 0.6) is 5.75 Å². The first-order valence-corrected chi connectivity index (χ1v) is 11.8. The minimum atomic E-state index is -3.79. The van der Waals surface area contributed by atoms with Crippen molar-refractivity contribution in [3.05, 3.63) is 53.9 Å². The molecule has 33 heavy (non-hydrogen) atoms. The first kappa shape index (κ1) is 24.4. The third kappa shape index (κ3) is 5.23. The maximum atomic E-state index is 13.1. The number of hydrogen-bond acceptors (Lipinski definition) is 7. The van der Waals surface area contributed by atoms with Crippen LogP contribution in [0.4, 0.5) is 5.69 Å². The largest absolute Gasteiger partial charge is 0.492 e. The molecule has 3 rings (SSSR count). The van der Waals surface area contributed by atoms with Gasteiger partial charge in [-0.3, -0.25) is 4.79 Å². The second kappa shape index (κ2) is 9.32. The van der Waals surface area contributed by atoms with Crippen molar-refractivity contribution in [2.75, 3.05) is 26.0 Å². The SMILES string of the molecule is CCOc1ccc(NC(=O)c2ccccc2-c2nc(C(C)(C)C)no2)cc1S(=O)(=O)N(C)C. The zero-order chi connectivity index (χ0) is 24.4. The molecule has 0 fully saturated rings. The molecule has 1 heterocycles. The fourth-order valence-electron chi connectivity index (χ4n) is 2.96. The van der Waals surface area contributed by atoms with Crippen molar-refractivity contribution < 1.29 is 22.5 Å². The van der Waals surface area contributed by atoms with Crippen LogP contribution >= 0.6 is 0 Å². The van der Waals surface area contributed by atoms with E-state index in [2.05, 4.69) is 15.5 Å². The summed E-state index contributed by atoms with van der Waals surface area (Å²) in [6.45, 7) is 7.96. The van der Waals surface area contributed by atoms with E-state index in [1.807, 2.05) is 20.8 Å². The van der Waals surface area contributed by atoms with Gasteiger partial charge in [-0.15, -0.1) is 0 Å². The van der Waals surface area contributed by atoms with Gasteiger partial charge in [0, 0.05) is 25.2 Å². The second-order valence-corrected chi connectivity index (χ2v) is 10.7. The fourth-order valence-corrected chi connectivity index (χ4v) is 4.01. The summed E-state index contributed by atoms with van der Waals surface area (Å²) in [6.07, 6.45) is 0. The van der Waals surface area contributed by atoms with Crippen molar-refractivity contribution in [2.24, 2.45) is 0 Å². The normalized spacial score (nSPS) is 12.1. The molecule has 0 bridgehead atoms. The van der Waals surface area contributed by atoms with E-state index < -0.39 is 15.9 Å². The Morgan fingerprint density at radius 2 is 1.85 bits per heavy atom. The number of rotatable bonds is 7. The molecule has 0 saturated heterocycles. The van der Waals surface area contributed by atoms with Crippen molar-refractivity contribution in [3.8, 4) is 17.2 Å². The molecule has 2 aromatic carbocycles. The van der Waals surface area contributed by atoms with Crippen LogP contribution in [0.2, 0.25) is 0 Å². The van der Waals surface area contributed by atoms with E-state index in [9.17, 15) is 13.2 Å². The number of aromatic nitrogens is 2. The van der Waals surface area contributed by atoms with Gasteiger partial charge in [-0.25, -0.2) is 12.7 Å². The Morgan fingerprint density at radius 3 is 2.45 bits per heavy atom. The van der Waals surface area contributed by atoms with E-state index in [1.54, 1.807) is 37.3 Å². The summed E-state index contributed by atoms with van der Waals surface area (Å²) in [4.78, 5) is 17.5. The maximum Gasteiger partial charge on any atom is 0.258 e. The molecule has 10 heteroatoms. The Hall–Kier alpha value is -3.24. The number of hydrogen-bond donors (Lipinski definition) is 1. The van der Waals surface area contributed by atoms with Crippen LogP contribution in [0.1, 0.15) is 43.9 Å². The molecule has 0 aliphatic carbocycles. The molecule has 176 valence electrons. The van der Waals surface area contributed by atoms with Gasteiger partial charge in [0.05, 0.1) is 17.7 Å². The average molecular weight is 473 g/mol. The predicted molar refractivity (Wildman–Crippen MR) is 125 cm³/mol. The monoisotopic (exact) mass is 472 g/mol. The number of benzene rings is 2. The molecule has 1 aromatic heterocycles. The average Bonchev–Trinajstić information content (AvgIpc) is 3.25. The zero-order valence-electron chi connectivity index (χ0n) is 19.5. The van der Waals surface area contributed by atoms with Crippen LogP contribution in [0.25, 0.3) is 11.5 Å². The number of nitrogens with one attached hydrogen (secondary N) is 1. The van der Waals surface area contributed by atoms with Gasteiger partial charge in [0.25, 0.3) is 11.8 Å². The standard InChI is InChI=1S/C23H28N4O5S/c1-7-31-18-13-12-15(14-19(18)33(29,30)27(5)6)24-20(28)16-10-8-9-11-17(16)21-25-22(26-32-21)23(2,3)4/h8-14H,7H2,1-6H3,(H,24,28). The molecule has 0 aliphatic heterocycles. The quantitative estimate of drug-likeness (QED) is 0.554. The van der Waals surface area contributed by atoms with Crippen LogP contribution < -0.4 is 10.1 Å². The summed E-state index contributed by atoms with van der Waals surface area (Å²) in [6, 6.07) is 11.3. The van der Waals surface area contributed by atoms with Crippen LogP contribution in [0.3, 0.4) is 0 Å². The van der Waals surface area contributed by atoms with E-state index in [-0.39, 0.29) is 22.0 Å². The van der Waals surface area contributed by atoms with Crippen molar-refractivity contribution in [3.63, 3.8) is 0 Å². The van der Waals surface area contributed by atoms with Crippen molar-refractivity contribution in [2.45, 2.75) is 38.0 Å². The summed E-state index contributed by atoms with van der Waals surface area (Å²) in [7, 11) is -0.925. The van der Waals surface area contributed by atoms with Crippen LogP contribution in [-0.4, -0.2) is 49.5 Å². The van der Waals surface area contributed by atoms with Gasteiger partial charge in [-0.2, -0.15) is 4.98 Å². The minimum absolute atomic E-state index is 0.0350. The van der Waals surface area contributed by atoms with E-state index >= 15 is 0 Å². The molecule has 3 aromatic rings. The molecule has 1 amide bonds. The highest BCUT2D eigenvalue weighted by Crippen LogP contribution is 2.30. The highest BCUT2D eigenvalue weighted by Gasteiger charge is 2.25. The van der Waals surface area contributed by atoms with Gasteiger partial charge >= 0.3 is 0 Å². The lowest BCUT2D eigenvalue weighted by Gasteiger charge is -2.17. The van der Waals surface area contributed by atoms with E-state index in [4.69, 9.17) is 9.26 Å². The Kier molecular flexibility index (Phi) is 6.89. The lowest BCUT2D eigenvalue weighted by atomic mass is 9.96. The Bertz CT molecular complexity index is 1260. The van der Waals surface area contributed by atoms with Gasteiger partial charge in [0.1, 0.15) is 10.6 Å². The topological polar surface area (TPSA) is 115 Å². The highest BCUT2D eigenvalue weighted by atomic mass is 32.2. The summed E-state index contributed by atoms with van der Waals surface area (Å²) in [5.74, 6) is 0.523. The van der Waals surface area contributed by atoms with E-state index in [1.165, 1.54) is 26.2 Å². The molecular formula is C23H28N4O5S. The zero-order valence-corrected chi connectivity index (χ0v) is 20.4. The lowest BCUT2D eigenvalue weighted by Crippen LogP contribution is -2.23. The van der Waals surface area contributed by atoms with Crippen molar-refractivity contribution >= 4 is 21.6 Å². The molecule has 1 N–H and O–H groups in total. The molecular weight excluding hydrogens is 444 g/mol. The first-order valence-electron chi connectivity index (χ1n) is 10.4. The van der Waals surface area contributed by atoms with Gasteiger partial charge in [-0.05, 0) is 37.3 Å². The number of anilines is 1. The molecule has 9 nitrogen and oxygen atoms in total. The Morgan fingerprint density at radius 1 is 1.15 bits per heavy atom. The maximum absolute atomic E-state index is 13.1. The number of nitrogens with zero attached hydrogens (tertiary/aromatic N) is 3. The molecule has 0 aliphatic rings. The number of carbonyl (C=O) groups excluding carboxylic acids is 1. The molecule has 0 saturated carbocycles. The van der Waals surface area contributed by atoms with Gasteiger partial charge in [-0.1, -0.05) is 38.1 Å². The lowest BCUT2D eigenvalue weighted by molar-refractivity contribution is 0.102. The summed E-state index contributed by atoms with van der Waals surface area (Å²) in [5.41, 5.74) is 0.785. The van der Waals surface area contributed by atoms with E-state index in [0.717, 1.165) is 4.31 Å². The number of amides is 1. The molecule has 0 radical (unpaired) electrons. The first-order chi connectivity index (χ1) is 15.4. The van der Waals surface area contributed by atoms with Gasteiger partial charge in [0.15, 0.2) is 5.82 Å². The fraction of sp³-hybridized carbons (Fsp3) is 0.348. The molecule has 0 unspecified atom stereocenters. The van der Waals surface area contributed by atoms with Crippen LogP contribution in [0, 0.1) is 0 Å². The van der Waals surface area contributed by atoms with Crippen LogP contribution in [-0.2, 0) is 15.4 Å². The molecule has 0 spiro atoms. The number of sulfonamides is 1. The third-order valence-electron chi connectivity index (χ3n) is 4.76. The Balaban J connectivity index is 1.97. The summed E-state index contributed by atoms with van der Waals surface area (Å²) in [5, 5.41) is 6.79. The van der Waals surface area contributed by atoms with E-state index in [0.29, 0.717) is 29.2 Å². The third-order valence-corrected chi connectivity index (χ3v) is 6.60. The second-order valence-electron chi connectivity index (χ2n) is 8.55. The van der Waals surface area contributed by atoms with Gasteiger partial charge in [0.2, 0.25) is 10.0 Å². The van der Waals surface area contributed by atoms with Crippen molar-refractivity contribution in [1.29, 1.82) is 0 Å². The Labute approximate surface area is 193 Å². The van der Waals surface area contributed by atoms with Crippen molar-refractivity contribution in [1.82, 2.24) is 14.4 Å². The minimum Gasteiger partial charge on any atom is -0.492 e. The van der Waals surface area contributed by atoms with Crippen LogP contribution in [0.15, 0.2) is 51.9 Å².